The molecule has 5 heteroatoms. The third-order valence-electron chi connectivity index (χ3n) is 1.57. The highest BCUT2D eigenvalue weighted by Gasteiger charge is 2.32. The van der Waals surface area contributed by atoms with Gasteiger partial charge in [0.1, 0.15) is 17.7 Å². The van der Waals surface area contributed by atoms with E-state index in [1.807, 2.05) is 0 Å². The predicted octanol–water partition coefficient (Wildman–Crippen LogP) is -0.398. The molecule has 3 atom stereocenters. The van der Waals surface area contributed by atoms with Gasteiger partial charge in [-0.1, -0.05) is 0 Å². The molecule has 0 heterocycles. The van der Waals surface area contributed by atoms with E-state index in [-0.39, 0.29) is 0 Å². The monoisotopic (exact) mass is 205 g/mol. The molecule has 0 aliphatic rings. The Morgan fingerprint density at radius 1 is 1.36 bits per heavy atom. The number of carbonyl (C=O) groups is 1. The highest BCUT2D eigenvalue weighted by atomic mass is 16.6. The second-order valence-corrected chi connectivity index (χ2v) is 4.29. The summed E-state index contributed by atoms with van der Waals surface area (Å²) in [5, 5.41) is 18.3. The number of rotatable bonds is 3. The van der Waals surface area contributed by atoms with Crippen LogP contribution in [0.5, 0.6) is 0 Å². The van der Waals surface area contributed by atoms with Gasteiger partial charge in [0.25, 0.3) is 0 Å². The van der Waals surface area contributed by atoms with Crippen LogP contribution in [0, 0.1) is 5.92 Å². The molecule has 0 rings (SSSR count). The van der Waals surface area contributed by atoms with E-state index in [9.17, 15) is 9.90 Å². The molecule has 4 N–H and O–H groups in total. The lowest BCUT2D eigenvalue weighted by molar-refractivity contribution is -0.168. The number of ether oxygens (including phenoxy) is 1. The normalized spacial score (nSPS) is 18.5. The molecule has 84 valence electrons. The van der Waals surface area contributed by atoms with Gasteiger partial charge in [0.05, 0.1) is 6.10 Å². The summed E-state index contributed by atoms with van der Waals surface area (Å²) in [5.74, 6) is -1.79. The summed E-state index contributed by atoms with van der Waals surface area (Å²) in [6, 6.07) is 0. The Bertz CT molecular complexity index is 187. The third-order valence-corrected chi connectivity index (χ3v) is 1.57. The molecule has 0 fully saturated rings. The van der Waals surface area contributed by atoms with Gasteiger partial charge in [-0.25, -0.2) is 0 Å². The summed E-state index contributed by atoms with van der Waals surface area (Å²) < 4.78 is 4.98. The van der Waals surface area contributed by atoms with Gasteiger partial charge < -0.3 is 20.7 Å². The second-order valence-electron chi connectivity index (χ2n) is 4.29. The van der Waals surface area contributed by atoms with Crippen LogP contribution in [-0.4, -0.2) is 34.1 Å². The highest BCUT2D eigenvalue weighted by Crippen LogP contribution is 2.15. The summed E-state index contributed by atoms with van der Waals surface area (Å²) in [4.78, 5) is 11.4. The van der Waals surface area contributed by atoms with E-state index in [2.05, 4.69) is 0 Å². The zero-order valence-corrected chi connectivity index (χ0v) is 9.02. The molecule has 3 unspecified atom stereocenters. The largest absolute Gasteiger partial charge is 0.460 e. The molecule has 0 amide bonds. The lowest BCUT2D eigenvalue weighted by Gasteiger charge is -2.26. The molecular formula is C9H19NO4. The Morgan fingerprint density at radius 2 is 1.79 bits per heavy atom. The van der Waals surface area contributed by atoms with Crippen molar-refractivity contribution in [3.8, 4) is 0 Å². The van der Waals surface area contributed by atoms with Crippen LogP contribution in [0.25, 0.3) is 0 Å². The first-order valence-electron chi connectivity index (χ1n) is 4.49. The maximum atomic E-state index is 11.4. The van der Waals surface area contributed by atoms with E-state index in [0.717, 1.165) is 0 Å². The predicted molar refractivity (Wildman–Crippen MR) is 51.2 cm³/mol. The van der Waals surface area contributed by atoms with Gasteiger partial charge in [-0.2, -0.15) is 0 Å². The van der Waals surface area contributed by atoms with Crippen molar-refractivity contribution in [1.82, 2.24) is 0 Å². The van der Waals surface area contributed by atoms with Gasteiger partial charge in [-0.3, -0.25) is 4.79 Å². The van der Waals surface area contributed by atoms with E-state index in [4.69, 9.17) is 15.6 Å². The zero-order valence-electron chi connectivity index (χ0n) is 9.02. The van der Waals surface area contributed by atoms with Gasteiger partial charge in [0.15, 0.2) is 0 Å². The summed E-state index contributed by atoms with van der Waals surface area (Å²) in [6.07, 6.45) is -2.45. The van der Waals surface area contributed by atoms with E-state index < -0.39 is 29.8 Å². The van der Waals surface area contributed by atoms with E-state index in [1.165, 1.54) is 6.92 Å². The van der Waals surface area contributed by atoms with Crippen LogP contribution in [0.2, 0.25) is 0 Å². The molecule has 0 aliphatic carbocycles. The van der Waals surface area contributed by atoms with Crippen molar-refractivity contribution in [1.29, 1.82) is 0 Å². The summed E-state index contributed by atoms with van der Waals surface area (Å²) >= 11 is 0. The number of hydrogen-bond acceptors (Lipinski definition) is 5. The number of carbonyl (C=O) groups excluding carboxylic acids is 1. The fourth-order valence-electron chi connectivity index (χ4n) is 0.992. The zero-order chi connectivity index (χ0) is 11.5. The molecule has 0 aromatic heterocycles. The molecule has 0 aromatic carbocycles. The average molecular weight is 205 g/mol. The minimum Gasteiger partial charge on any atom is -0.460 e. The van der Waals surface area contributed by atoms with Gasteiger partial charge >= 0.3 is 5.97 Å². The molecule has 0 aromatic rings. The lowest BCUT2D eigenvalue weighted by atomic mass is 10.0. The molecule has 0 spiro atoms. The van der Waals surface area contributed by atoms with Crippen LogP contribution in [0.4, 0.5) is 0 Å². The van der Waals surface area contributed by atoms with Crippen LogP contribution in [0.1, 0.15) is 27.7 Å². The van der Waals surface area contributed by atoms with Gasteiger partial charge in [-0.15, -0.1) is 0 Å². The van der Waals surface area contributed by atoms with Gasteiger partial charge in [0, 0.05) is 0 Å². The first kappa shape index (κ1) is 13.4. The first-order valence-corrected chi connectivity index (χ1v) is 4.49. The summed E-state index contributed by atoms with van der Waals surface area (Å²) in [5.41, 5.74) is 4.50. The van der Waals surface area contributed by atoms with Crippen molar-refractivity contribution in [2.75, 3.05) is 0 Å². The number of nitrogens with two attached hydrogens (primary N) is 1. The fourth-order valence-corrected chi connectivity index (χ4v) is 0.992. The molecule has 0 saturated carbocycles. The van der Waals surface area contributed by atoms with Crippen LogP contribution < -0.4 is 5.73 Å². The average Bonchev–Trinajstić information content (AvgIpc) is 1.78. The van der Waals surface area contributed by atoms with Crippen LogP contribution >= 0.6 is 0 Å². The molecule has 14 heavy (non-hydrogen) atoms. The number of aliphatic hydroxyl groups excluding tert-OH is 2. The lowest BCUT2D eigenvalue weighted by Crippen LogP contribution is -2.44. The third kappa shape index (κ3) is 4.55. The highest BCUT2D eigenvalue weighted by molar-refractivity contribution is 5.74. The van der Waals surface area contributed by atoms with E-state index >= 15 is 0 Å². The molecular weight excluding hydrogens is 186 g/mol. The van der Waals surface area contributed by atoms with Crippen molar-refractivity contribution < 1.29 is 19.7 Å². The van der Waals surface area contributed by atoms with Crippen molar-refractivity contribution in [3.05, 3.63) is 0 Å². The topological polar surface area (TPSA) is 92.8 Å². The van der Waals surface area contributed by atoms with Crippen molar-refractivity contribution >= 4 is 5.97 Å². The molecule has 0 aliphatic heterocycles. The van der Waals surface area contributed by atoms with Gasteiger partial charge in [-0.05, 0) is 27.7 Å². The number of hydrogen-bond donors (Lipinski definition) is 3. The Labute approximate surface area is 83.9 Å². The molecule has 0 radical (unpaired) electrons. The van der Waals surface area contributed by atoms with Crippen LogP contribution in [0.3, 0.4) is 0 Å². The smallest absolute Gasteiger partial charge is 0.316 e. The van der Waals surface area contributed by atoms with E-state index in [0.29, 0.717) is 0 Å². The number of aliphatic hydroxyl groups is 2. The number of esters is 1. The molecule has 0 bridgehead atoms. The maximum Gasteiger partial charge on any atom is 0.316 e. The van der Waals surface area contributed by atoms with Crippen molar-refractivity contribution in [2.24, 2.45) is 11.7 Å². The quantitative estimate of drug-likeness (QED) is 0.430. The SMILES string of the molecule is CC(O)C(C(=O)OC(C)(C)C)C(N)O. The Kier molecular flexibility index (Phi) is 4.51. The Hall–Kier alpha value is -0.650. The molecule has 0 saturated heterocycles. The molecule has 5 nitrogen and oxygen atoms in total. The van der Waals surface area contributed by atoms with Crippen LogP contribution in [0.15, 0.2) is 0 Å². The summed E-state index contributed by atoms with van der Waals surface area (Å²) in [7, 11) is 0. The maximum absolute atomic E-state index is 11.4. The minimum absolute atomic E-state index is 0.654. The Morgan fingerprint density at radius 3 is 2.00 bits per heavy atom. The van der Waals surface area contributed by atoms with Gasteiger partial charge in [0.2, 0.25) is 0 Å². The second kappa shape index (κ2) is 4.72. The fraction of sp³-hybridized carbons (Fsp3) is 0.889. The first-order chi connectivity index (χ1) is 6.15. The Balaban J connectivity index is 4.47. The summed E-state index contributed by atoms with van der Waals surface area (Å²) in [6.45, 7) is 6.48. The standard InChI is InChI=1S/C9H19NO4/c1-5(11)6(7(10)12)8(13)14-9(2,3)4/h5-7,11-12H,10H2,1-4H3. The van der Waals surface area contributed by atoms with Crippen molar-refractivity contribution in [2.45, 2.75) is 45.6 Å². The van der Waals surface area contributed by atoms with Crippen molar-refractivity contribution in [3.63, 3.8) is 0 Å². The minimum atomic E-state index is -1.41. The van der Waals surface area contributed by atoms with E-state index in [1.54, 1.807) is 20.8 Å². The van der Waals surface area contributed by atoms with Crippen LogP contribution in [-0.2, 0) is 9.53 Å².